The van der Waals surface area contributed by atoms with Gasteiger partial charge in [0.2, 0.25) is 0 Å². The molecule has 0 spiro atoms. The number of hydrogen-bond acceptors (Lipinski definition) is 5. The lowest BCUT2D eigenvalue weighted by Crippen LogP contribution is -2.38. The van der Waals surface area contributed by atoms with Crippen molar-refractivity contribution in [2.24, 2.45) is 7.05 Å². The molecule has 158 valence electrons. The van der Waals surface area contributed by atoms with Crippen LogP contribution in [0.4, 0.5) is 0 Å². The topological polar surface area (TPSA) is 86.9 Å². The predicted octanol–water partition coefficient (Wildman–Crippen LogP) is 2.79. The molecule has 5 rings (SSSR count). The molecule has 0 aromatic carbocycles. The van der Waals surface area contributed by atoms with Crippen molar-refractivity contribution in [3.05, 3.63) is 66.4 Å². The largest absolute Gasteiger partial charge is 0.381 e. The first kappa shape index (κ1) is 19.4. The van der Waals surface area contributed by atoms with Gasteiger partial charge in [0.05, 0.1) is 23.0 Å². The van der Waals surface area contributed by atoms with E-state index in [2.05, 4.69) is 31.0 Å². The monoisotopic (exact) mass is 416 g/mol. The number of carbonyl (C=O) groups excluding carboxylic acids is 1. The molecule has 4 aromatic heterocycles. The minimum atomic E-state index is -0.0839. The number of pyridine rings is 2. The van der Waals surface area contributed by atoms with Crippen molar-refractivity contribution in [2.75, 3.05) is 13.2 Å². The van der Waals surface area contributed by atoms with E-state index in [0.29, 0.717) is 30.8 Å². The standard InChI is InChI=1S/C23H24N6O2/c1-28-14-17(12-26-28)20-5-4-16(11-25-20)13-29-15-19(22-21(29)3-2-8-24-22)23(30)27-18-6-9-31-10-7-18/h2-5,8,11-12,14-15,18H,6-7,9-10,13H2,1H3,(H,27,30). The second-order valence-corrected chi connectivity index (χ2v) is 7.86. The molecule has 1 N–H and O–H groups in total. The fourth-order valence-corrected chi connectivity index (χ4v) is 3.96. The summed E-state index contributed by atoms with van der Waals surface area (Å²) in [4.78, 5) is 22.0. The molecule has 1 amide bonds. The third kappa shape index (κ3) is 4.06. The van der Waals surface area contributed by atoms with Gasteiger partial charge in [-0.25, -0.2) is 0 Å². The Morgan fingerprint density at radius 2 is 2.03 bits per heavy atom. The molecule has 0 atom stereocenters. The van der Waals surface area contributed by atoms with Crippen LogP contribution in [0.1, 0.15) is 28.8 Å². The van der Waals surface area contributed by atoms with Crippen LogP contribution in [0.3, 0.4) is 0 Å². The van der Waals surface area contributed by atoms with Gasteiger partial charge in [0.1, 0.15) is 5.52 Å². The van der Waals surface area contributed by atoms with E-state index in [1.807, 2.05) is 43.8 Å². The quantitative estimate of drug-likeness (QED) is 0.541. The number of aryl methyl sites for hydroxylation is 1. The molecule has 0 unspecified atom stereocenters. The lowest BCUT2D eigenvalue weighted by Gasteiger charge is -2.22. The first-order chi connectivity index (χ1) is 15.2. The van der Waals surface area contributed by atoms with E-state index >= 15 is 0 Å². The molecule has 4 aromatic rings. The molecule has 0 bridgehead atoms. The van der Waals surface area contributed by atoms with Crippen LogP contribution in [0.5, 0.6) is 0 Å². The van der Waals surface area contributed by atoms with E-state index in [0.717, 1.165) is 35.2 Å². The molecule has 1 aliphatic rings. The Kier molecular flexibility index (Phi) is 5.21. The van der Waals surface area contributed by atoms with E-state index in [9.17, 15) is 4.79 Å². The fourth-order valence-electron chi connectivity index (χ4n) is 3.96. The average molecular weight is 416 g/mol. The third-order valence-electron chi connectivity index (χ3n) is 5.62. The Hall–Kier alpha value is -3.52. The van der Waals surface area contributed by atoms with Gasteiger partial charge < -0.3 is 14.6 Å². The lowest BCUT2D eigenvalue weighted by molar-refractivity contribution is 0.0697. The van der Waals surface area contributed by atoms with Crippen LogP contribution in [0, 0.1) is 0 Å². The molecule has 5 heterocycles. The number of carbonyl (C=O) groups is 1. The summed E-state index contributed by atoms with van der Waals surface area (Å²) in [5.74, 6) is -0.0839. The molecule has 0 radical (unpaired) electrons. The van der Waals surface area contributed by atoms with Gasteiger partial charge in [-0.15, -0.1) is 0 Å². The molecule has 1 saturated heterocycles. The van der Waals surface area contributed by atoms with Gasteiger partial charge in [0.25, 0.3) is 5.91 Å². The molecular weight excluding hydrogens is 392 g/mol. The smallest absolute Gasteiger partial charge is 0.255 e. The zero-order valence-electron chi connectivity index (χ0n) is 17.4. The van der Waals surface area contributed by atoms with Gasteiger partial charge in [0.15, 0.2) is 0 Å². The summed E-state index contributed by atoms with van der Waals surface area (Å²) in [5, 5.41) is 7.34. The maximum atomic E-state index is 13.0. The highest BCUT2D eigenvalue weighted by molar-refractivity contribution is 6.05. The number of ether oxygens (including phenoxy) is 1. The van der Waals surface area contributed by atoms with Crippen LogP contribution in [-0.2, 0) is 18.3 Å². The normalized spacial score (nSPS) is 14.7. The molecule has 8 heteroatoms. The Bertz CT molecular complexity index is 1200. The van der Waals surface area contributed by atoms with Crippen LogP contribution in [0.25, 0.3) is 22.3 Å². The van der Waals surface area contributed by atoms with Crippen molar-refractivity contribution < 1.29 is 9.53 Å². The number of aromatic nitrogens is 5. The number of nitrogens with zero attached hydrogens (tertiary/aromatic N) is 5. The number of fused-ring (bicyclic) bond motifs is 1. The van der Waals surface area contributed by atoms with Gasteiger partial charge in [-0.05, 0) is 36.6 Å². The maximum absolute atomic E-state index is 13.0. The first-order valence-electron chi connectivity index (χ1n) is 10.4. The second kappa shape index (κ2) is 8.31. The number of nitrogens with one attached hydrogen (secondary N) is 1. The van der Waals surface area contributed by atoms with Crippen molar-refractivity contribution in [2.45, 2.75) is 25.4 Å². The summed E-state index contributed by atoms with van der Waals surface area (Å²) in [6.45, 7) is 1.98. The van der Waals surface area contributed by atoms with Crippen molar-refractivity contribution in [1.29, 1.82) is 0 Å². The van der Waals surface area contributed by atoms with Crippen molar-refractivity contribution in [3.8, 4) is 11.3 Å². The first-order valence-corrected chi connectivity index (χ1v) is 10.4. The maximum Gasteiger partial charge on any atom is 0.255 e. The summed E-state index contributed by atoms with van der Waals surface area (Å²) < 4.78 is 9.21. The summed E-state index contributed by atoms with van der Waals surface area (Å²) in [7, 11) is 1.89. The zero-order valence-corrected chi connectivity index (χ0v) is 17.4. The predicted molar refractivity (Wildman–Crippen MR) is 117 cm³/mol. The minimum Gasteiger partial charge on any atom is -0.381 e. The van der Waals surface area contributed by atoms with Crippen molar-refractivity contribution >= 4 is 16.9 Å². The SMILES string of the molecule is Cn1cc(-c2ccc(Cn3cc(C(=O)NC4CCOCC4)c4ncccc43)cn2)cn1. The Morgan fingerprint density at radius 1 is 1.16 bits per heavy atom. The summed E-state index contributed by atoms with van der Waals surface area (Å²) >= 11 is 0. The fraction of sp³-hybridized carbons (Fsp3) is 0.304. The number of rotatable bonds is 5. The molecule has 31 heavy (non-hydrogen) atoms. The summed E-state index contributed by atoms with van der Waals surface area (Å²) in [6, 6.07) is 8.08. The van der Waals surface area contributed by atoms with Gasteiger partial charge in [0, 0.05) is 63.2 Å². The summed E-state index contributed by atoms with van der Waals surface area (Å²) in [6.07, 6.45) is 10.9. The van der Waals surface area contributed by atoms with E-state index in [4.69, 9.17) is 4.74 Å². The van der Waals surface area contributed by atoms with E-state index < -0.39 is 0 Å². The molecular formula is C23H24N6O2. The number of hydrogen-bond donors (Lipinski definition) is 1. The van der Waals surface area contributed by atoms with Crippen LogP contribution in [-0.4, -0.2) is 49.5 Å². The molecule has 1 aliphatic heterocycles. The average Bonchev–Trinajstić information content (AvgIpc) is 3.39. The van der Waals surface area contributed by atoms with Crippen LogP contribution < -0.4 is 5.32 Å². The highest BCUT2D eigenvalue weighted by Gasteiger charge is 2.21. The van der Waals surface area contributed by atoms with Gasteiger partial charge in [-0.1, -0.05) is 6.07 Å². The molecule has 1 fully saturated rings. The Labute approximate surface area is 179 Å². The lowest BCUT2D eigenvalue weighted by atomic mass is 10.1. The van der Waals surface area contributed by atoms with Crippen LogP contribution >= 0.6 is 0 Å². The highest BCUT2D eigenvalue weighted by atomic mass is 16.5. The molecule has 8 nitrogen and oxygen atoms in total. The molecule has 0 aliphatic carbocycles. The number of amides is 1. The van der Waals surface area contributed by atoms with Gasteiger partial charge >= 0.3 is 0 Å². The zero-order chi connectivity index (χ0) is 21.2. The van der Waals surface area contributed by atoms with Crippen LogP contribution in [0.15, 0.2) is 55.2 Å². The van der Waals surface area contributed by atoms with Crippen molar-refractivity contribution in [3.63, 3.8) is 0 Å². The molecule has 0 saturated carbocycles. The van der Waals surface area contributed by atoms with Crippen LogP contribution in [0.2, 0.25) is 0 Å². The second-order valence-electron chi connectivity index (χ2n) is 7.86. The van der Waals surface area contributed by atoms with Crippen molar-refractivity contribution in [1.82, 2.24) is 29.6 Å². The van der Waals surface area contributed by atoms with E-state index in [1.54, 1.807) is 17.1 Å². The van der Waals surface area contributed by atoms with E-state index in [1.165, 1.54) is 0 Å². The van der Waals surface area contributed by atoms with E-state index in [-0.39, 0.29) is 11.9 Å². The third-order valence-corrected chi connectivity index (χ3v) is 5.62. The van der Waals surface area contributed by atoms with Gasteiger partial charge in [-0.2, -0.15) is 5.10 Å². The Balaban J connectivity index is 1.39. The minimum absolute atomic E-state index is 0.0839. The summed E-state index contributed by atoms with van der Waals surface area (Å²) in [5.41, 5.74) is 5.15. The Morgan fingerprint density at radius 3 is 2.77 bits per heavy atom. The highest BCUT2D eigenvalue weighted by Crippen LogP contribution is 2.22. The van der Waals surface area contributed by atoms with Gasteiger partial charge in [-0.3, -0.25) is 19.4 Å².